The van der Waals surface area contributed by atoms with Gasteiger partial charge in [0.1, 0.15) is 5.75 Å². The van der Waals surface area contributed by atoms with E-state index in [0.29, 0.717) is 29.5 Å². The van der Waals surface area contributed by atoms with Gasteiger partial charge in [0.15, 0.2) is 18.0 Å². The highest BCUT2D eigenvalue weighted by Gasteiger charge is 2.24. The van der Waals surface area contributed by atoms with Gasteiger partial charge in [-0.1, -0.05) is 12.1 Å². The molecule has 2 aliphatic rings. The first kappa shape index (κ1) is 16.5. The maximum Gasteiger partial charge on any atom is 0.279 e. The van der Waals surface area contributed by atoms with Crippen LogP contribution < -0.4 is 24.6 Å². The van der Waals surface area contributed by atoms with Crippen LogP contribution in [-0.4, -0.2) is 50.5 Å². The molecular formula is C19H22N3O4+. The first-order valence-electron chi connectivity index (χ1n) is 8.75. The molecule has 1 saturated heterocycles. The van der Waals surface area contributed by atoms with Crippen LogP contribution >= 0.6 is 0 Å². The van der Waals surface area contributed by atoms with Crippen LogP contribution in [0.4, 0.5) is 11.4 Å². The molecule has 7 nitrogen and oxygen atoms in total. The number of para-hydroxylation sites is 2. The summed E-state index contributed by atoms with van der Waals surface area (Å²) in [5.41, 5.74) is 1.57. The number of benzene rings is 2. The normalized spacial score (nSPS) is 16.5. The highest BCUT2D eigenvalue weighted by Crippen LogP contribution is 2.34. The number of anilines is 2. The Morgan fingerprint density at radius 2 is 1.88 bits per heavy atom. The van der Waals surface area contributed by atoms with Crippen molar-refractivity contribution < 1.29 is 24.3 Å². The van der Waals surface area contributed by atoms with Gasteiger partial charge in [-0.15, -0.1) is 0 Å². The Bertz CT molecular complexity index is 803. The number of piperazine rings is 1. The second-order valence-corrected chi connectivity index (χ2v) is 6.52. The monoisotopic (exact) mass is 356 g/mol. The van der Waals surface area contributed by atoms with Gasteiger partial charge in [-0.3, -0.25) is 4.79 Å². The summed E-state index contributed by atoms with van der Waals surface area (Å²) in [6.45, 7) is 3.96. The molecule has 1 amide bonds. The zero-order valence-corrected chi connectivity index (χ0v) is 14.4. The molecule has 0 bridgehead atoms. The number of carbonyl (C=O) groups excluding carboxylic acids is 1. The number of nitrogens with zero attached hydrogens (tertiary/aromatic N) is 1. The molecule has 0 unspecified atom stereocenters. The Morgan fingerprint density at radius 1 is 1.12 bits per heavy atom. The second kappa shape index (κ2) is 7.13. The number of phenols is 1. The molecule has 136 valence electrons. The quantitative estimate of drug-likeness (QED) is 0.742. The molecule has 0 radical (unpaired) electrons. The van der Waals surface area contributed by atoms with Crippen molar-refractivity contribution >= 4 is 17.3 Å². The summed E-state index contributed by atoms with van der Waals surface area (Å²) in [6, 6.07) is 12.8. The number of hydrogen-bond acceptors (Lipinski definition) is 5. The maximum absolute atomic E-state index is 12.3. The van der Waals surface area contributed by atoms with Crippen molar-refractivity contribution in [2.24, 2.45) is 0 Å². The molecule has 0 atom stereocenters. The summed E-state index contributed by atoms with van der Waals surface area (Å²) < 4.78 is 10.6. The Labute approximate surface area is 151 Å². The summed E-state index contributed by atoms with van der Waals surface area (Å²) in [6.07, 6.45) is 0. The molecule has 0 spiro atoms. The van der Waals surface area contributed by atoms with Crippen molar-refractivity contribution in [3.05, 3.63) is 42.5 Å². The molecule has 0 aromatic heterocycles. The summed E-state index contributed by atoms with van der Waals surface area (Å²) in [5, 5.41) is 12.9. The summed E-state index contributed by atoms with van der Waals surface area (Å²) in [5.74, 6) is 1.65. The van der Waals surface area contributed by atoms with E-state index in [-0.39, 0.29) is 12.7 Å². The molecule has 0 saturated carbocycles. The minimum atomic E-state index is -0.0186. The molecule has 7 heteroatoms. The molecule has 3 N–H and O–H groups in total. The van der Waals surface area contributed by atoms with Gasteiger partial charge in [-0.2, -0.15) is 0 Å². The largest absolute Gasteiger partial charge is 0.506 e. The molecule has 1 fully saturated rings. The van der Waals surface area contributed by atoms with Crippen LogP contribution in [0.3, 0.4) is 0 Å². The van der Waals surface area contributed by atoms with E-state index in [1.807, 2.05) is 24.3 Å². The van der Waals surface area contributed by atoms with Crippen molar-refractivity contribution in [3.8, 4) is 17.2 Å². The minimum absolute atomic E-state index is 0.0186. The lowest BCUT2D eigenvalue weighted by atomic mass is 10.2. The lowest BCUT2D eigenvalue weighted by molar-refractivity contribution is -0.892. The number of rotatable bonds is 4. The van der Waals surface area contributed by atoms with Crippen LogP contribution in [0, 0.1) is 0 Å². The number of aromatic hydroxyl groups is 1. The highest BCUT2D eigenvalue weighted by atomic mass is 16.7. The predicted octanol–water partition coefficient (Wildman–Crippen LogP) is 0.464. The van der Waals surface area contributed by atoms with Gasteiger partial charge in [0, 0.05) is 11.8 Å². The van der Waals surface area contributed by atoms with Crippen LogP contribution in [0.5, 0.6) is 17.2 Å². The number of phenolic OH excluding ortho intramolecular Hbond substituents is 1. The van der Waals surface area contributed by atoms with Crippen LogP contribution in [-0.2, 0) is 4.79 Å². The van der Waals surface area contributed by atoms with Gasteiger partial charge in [0.2, 0.25) is 6.79 Å². The Balaban J connectivity index is 1.29. The topological polar surface area (TPSA) is 75.5 Å². The third-order valence-electron chi connectivity index (χ3n) is 4.76. The smallest absolute Gasteiger partial charge is 0.279 e. The molecule has 2 heterocycles. The van der Waals surface area contributed by atoms with Gasteiger partial charge < -0.3 is 29.7 Å². The summed E-state index contributed by atoms with van der Waals surface area (Å²) in [7, 11) is 0. The number of carbonyl (C=O) groups is 1. The van der Waals surface area contributed by atoms with Crippen LogP contribution in [0.15, 0.2) is 42.5 Å². The van der Waals surface area contributed by atoms with E-state index in [9.17, 15) is 9.90 Å². The van der Waals surface area contributed by atoms with E-state index in [2.05, 4.69) is 10.2 Å². The molecule has 2 aromatic rings. The summed E-state index contributed by atoms with van der Waals surface area (Å²) >= 11 is 0. The van der Waals surface area contributed by atoms with Gasteiger partial charge in [0.05, 0.1) is 31.9 Å². The highest BCUT2D eigenvalue weighted by molar-refractivity contribution is 5.91. The molecule has 26 heavy (non-hydrogen) atoms. The zero-order chi connectivity index (χ0) is 17.9. The number of quaternary nitrogens is 1. The average molecular weight is 356 g/mol. The molecule has 0 aliphatic carbocycles. The SMILES string of the molecule is O=C(C[NH+]1CCN(c2ccccc2O)CC1)Nc1ccc2c(c1)OCO2. The van der Waals surface area contributed by atoms with E-state index in [1.165, 1.54) is 4.90 Å². The Kier molecular flexibility index (Phi) is 4.53. The molecule has 2 aliphatic heterocycles. The average Bonchev–Trinajstić information content (AvgIpc) is 3.11. The van der Waals surface area contributed by atoms with Crippen LogP contribution in [0.1, 0.15) is 0 Å². The fraction of sp³-hybridized carbons (Fsp3) is 0.316. The lowest BCUT2D eigenvalue weighted by Gasteiger charge is -2.33. The van der Waals surface area contributed by atoms with Gasteiger partial charge >= 0.3 is 0 Å². The standard InChI is InChI=1S/C19H21N3O4/c23-16-4-2-1-3-15(16)22-9-7-21(8-10-22)12-19(24)20-14-5-6-17-18(11-14)26-13-25-17/h1-6,11,23H,7-10,12-13H2,(H,20,24)/p+1. The minimum Gasteiger partial charge on any atom is -0.506 e. The number of fused-ring (bicyclic) bond motifs is 1. The van der Waals surface area contributed by atoms with Crippen molar-refractivity contribution in [2.75, 3.05) is 49.7 Å². The number of amides is 1. The first-order chi connectivity index (χ1) is 12.7. The van der Waals surface area contributed by atoms with E-state index < -0.39 is 0 Å². The fourth-order valence-corrected chi connectivity index (χ4v) is 3.38. The second-order valence-electron chi connectivity index (χ2n) is 6.52. The third kappa shape index (κ3) is 3.52. The molecule has 2 aromatic carbocycles. The van der Waals surface area contributed by atoms with Gasteiger partial charge in [-0.25, -0.2) is 0 Å². The van der Waals surface area contributed by atoms with E-state index in [1.54, 1.807) is 18.2 Å². The molecular weight excluding hydrogens is 334 g/mol. The predicted molar refractivity (Wildman–Crippen MR) is 97.1 cm³/mol. The van der Waals surface area contributed by atoms with Crippen molar-refractivity contribution in [1.29, 1.82) is 0 Å². The number of hydrogen-bond donors (Lipinski definition) is 3. The van der Waals surface area contributed by atoms with E-state index in [4.69, 9.17) is 9.47 Å². The summed E-state index contributed by atoms with van der Waals surface area (Å²) in [4.78, 5) is 15.7. The van der Waals surface area contributed by atoms with Crippen molar-refractivity contribution in [3.63, 3.8) is 0 Å². The van der Waals surface area contributed by atoms with Crippen molar-refractivity contribution in [1.82, 2.24) is 0 Å². The Hall–Kier alpha value is -2.93. The van der Waals surface area contributed by atoms with Gasteiger partial charge in [-0.05, 0) is 24.3 Å². The first-order valence-corrected chi connectivity index (χ1v) is 8.75. The number of ether oxygens (including phenoxy) is 2. The van der Waals surface area contributed by atoms with Crippen molar-refractivity contribution in [2.45, 2.75) is 0 Å². The fourth-order valence-electron chi connectivity index (χ4n) is 3.38. The van der Waals surface area contributed by atoms with Crippen LogP contribution in [0.2, 0.25) is 0 Å². The number of nitrogens with one attached hydrogen (secondary N) is 2. The third-order valence-corrected chi connectivity index (χ3v) is 4.76. The van der Waals surface area contributed by atoms with E-state index >= 15 is 0 Å². The Morgan fingerprint density at radius 3 is 2.69 bits per heavy atom. The lowest BCUT2D eigenvalue weighted by Crippen LogP contribution is -3.15. The van der Waals surface area contributed by atoms with E-state index in [0.717, 1.165) is 31.9 Å². The van der Waals surface area contributed by atoms with Gasteiger partial charge in [0.25, 0.3) is 5.91 Å². The zero-order valence-electron chi connectivity index (χ0n) is 14.4. The molecule has 4 rings (SSSR count). The van der Waals surface area contributed by atoms with Crippen LogP contribution in [0.25, 0.3) is 0 Å². The maximum atomic E-state index is 12.3.